The Morgan fingerprint density at radius 3 is 2.14 bits per heavy atom. The van der Waals surface area contributed by atoms with Gasteiger partial charge in [-0.2, -0.15) is 0 Å². The van der Waals surface area contributed by atoms with E-state index in [1.54, 1.807) is 49.5 Å². The number of methoxy groups -OCH3 is 2. The molecule has 0 atom stereocenters. The molecule has 1 saturated heterocycles. The van der Waals surface area contributed by atoms with Crippen molar-refractivity contribution in [1.82, 2.24) is 9.88 Å². The average molecular weight is 511 g/mol. The Hall–Kier alpha value is -3.50. The zero-order valence-corrected chi connectivity index (χ0v) is 21.8. The first-order chi connectivity index (χ1) is 17.4. The van der Waals surface area contributed by atoms with Crippen LogP contribution in [0.2, 0.25) is 0 Å². The van der Waals surface area contributed by atoms with Crippen LogP contribution in [0, 0.1) is 0 Å². The van der Waals surface area contributed by atoms with Gasteiger partial charge < -0.3 is 14.4 Å². The van der Waals surface area contributed by atoms with Gasteiger partial charge in [0.15, 0.2) is 5.13 Å². The van der Waals surface area contributed by atoms with Crippen molar-refractivity contribution in [3.63, 3.8) is 0 Å². The molecule has 3 amide bonds. The standard InChI is InChI=1S/C26H30N4O5S/c1-5-28(6-2)15-16-29(26-27-23-19(34-3)11-12-20(35-4)24(23)36-26)25(33)17-7-9-18(10-8-17)30-21(31)13-14-22(30)32/h7-12H,5-6,13-16H2,1-4H3. The number of ether oxygens (including phenoxy) is 2. The van der Waals surface area contributed by atoms with Crippen LogP contribution in [0.15, 0.2) is 36.4 Å². The second kappa shape index (κ2) is 11.0. The molecule has 9 nitrogen and oxygen atoms in total. The molecule has 2 heterocycles. The lowest BCUT2D eigenvalue weighted by Gasteiger charge is -2.25. The molecule has 0 unspecified atom stereocenters. The van der Waals surface area contributed by atoms with Crippen molar-refractivity contribution < 1.29 is 23.9 Å². The fraction of sp³-hybridized carbons (Fsp3) is 0.385. The van der Waals surface area contributed by atoms with Crippen LogP contribution in [-0.4, -0.2) is 68.0 Å². The van der Waals surface area contributed by atoms with Crippen LogP contribution in [0.3, 0.4) is 0 Å². The van der Waals surface area contributed by atoms with Crippen LogP contribution in [0.5, 0.6) is 11.5 Å². The molecule has 1 aromatic heterocycles. The molecular weight excluding hydrogens is 480 g/mol. The Morgan fingerprint density at radius 1 is 0.944 bits per heavy atom. The zero-order valence-electron chi connectivity index (χ0n) is 20.9. The van der Waals surface area contributed by atoms with Gasteiger partial charge in [0.1, 0.15) is 21.7 Å². The Balaban J connectivity index is 1.70. The van der Waals surface area contributed by atoms with Gasteiger partial charge in [0.25, 0.3) is 5.91 Å². The van der Waals surface area contributed by atoms with Crippen LogP contribution in [0.1, 0.15) is 37.0 Å². The number of nitrogens with zero attached hydrogens (tertiary/aromatic N) is 4. The Morgan fingerprint density at radius 2 is 1.56 bits per heavy atom. The summed E-state index contributed by atoms with van der Waals surface area (Å²) in [5.41, 5.74) is 1.55. The second-order valence-electron chi connectivity index (χ2n) is 8.30. The number of aromatic nitrogens is 1. The maximum Gasteiger partial charge on any atom is 0.260 e. The minimum atomic E-state index is -0.225. The number of amides is 3. The molecule has 0 bridgehead atoms. The summed E-state index contributed by atoms with van der Waals surface area (Å²) in [4.78, 5) is 47.8. The predicted molar refractivity (Wildman–Crippen MR) is 140 cm³/mol. The highest BCUT2D eigenvalue weighted by Crippen LogP contribution is 2.40. The highest BCUT2D eigenvalue weighted by atomic mass is 32.1. The largest absolute Gasteiger partial charge is 0.495 e. The molecular formula is C26H30N4O5S. The van der Waals surface area contributed by atoms with Gasteiger partial charge in [-0.3, -0.25) is 24.2 Å². The fourth-order valence-electron chi connectivity index (χ4n) is 4.23. The highest BCUT2D eigenvalue weighted by Gasteiger charge is 2.30. The van der Waals surface area contributed by atoms with E-state index in [0.29, 0.717) is 46.5 Å². The van der Waals surface area contributed by atoms with Gasteiger partial charge in [0.05, 0.1) is 19.9 Å². The van der Waals surface area contributed by atoms with Crippen molar-refractivity contribution in [2.24, 2.45) is 0 Å². The fourth-order valence-corrected chi connectivity index (χ4v) is 5.33. The van der Waals surface area contributed by atoms with Gasteiger partial charge in [0.2, 0.25) is 11.8 Å². The monoisotopic (exact) mass is 510 g/mol. The van der Waals surface area contributed by atoms with Gasteiger partial charge in [0, 0.05) is 31.5 Å². The molecule has 1 aliphatic rings. The molecule has 0 saturated carbocycles. The maximum absolute atomic E-state index is 13.7. The molecule has 2 aromatic carbocycles. The van der Waals surface area contributed by atoms with E-state index in [2.05, 4.69) is 18.7 Å². The summed E-state index contributed by atoms with van der Waals surface area (Å²) < 4.78 is 11.8. The van der Waals surface area contributed by atoms with Crippen molar-refractivity contribution in [1.29, 1.82) is 0 Å². The Bertz CT molecular complexity index is 1210. The number of benzene rings is 2. The van der Waals surface area contributed by atoms with Crippen molar-refractivity contribution in [2.75, 3.05) is 50.2 Å². The van der Waals surface area contributed by atoms with Crippen molar-refractivity contribution in [3.8, 4) is 11.5 Å². The highest BCUT2D eigenvalue weighted by molar-refractivity contribution is 7.22. The third-order valence-corrected chi connectivity index (χ3v) is 7.43. The third-order valence-electron chi connectivity index (χ3n) is 6.33. The number of hydrogen-bond donors (Lipinski definition) is 0. The van der Waals surface area contributed by atoms with Gasteiger partial charge >= 0.3 is 0 Å². The van der Waals surface area contributed by atoms with Crippen LogP contribution in [0.4, 0.5) is 10.8 Å². The summed E-state index contributed by atoms with van der Waals surface area (Å²) in [5, 5.41) is 0.541. The molecule has 0 spiro atoms. The zero-order chi connectivity index (χ0) is 25.8. The van der Waals surface area contributed by atoms with Crippen LogP contribution in [0.25, 0.3) is 10.2 Å². The lowest BCUT2D eigenvalue weighted by molar-refractivity contribution is -0.121. The summed E-state index contributed by atoms with van der Waals surface area (Å²) in [6, 6.07) is 10.2. The Kier molecular flexibility index (Phi) is 7.85. The van der Waals surface area contributed by atoms with Gasteiger partial charge in [-0.05, 0) is 49.5 Å². The molecule has 0 radical (unpaired) electrons. The first-order valence-corrected chi connectivity index (χ1v) is 12.7. The van der Waals surface area contributed by atoms with Gasteiger partial charge in [-0.25, -0.2) is 4.98 Å². The maximum atomic E-state index is 13.7. The minimum Gasteiger partial charge on any atom is -0.495 e. The number of hydrogen-bond acceptors (Lipinski definition) is 8. The summed E-state index contributed by atoms with van der Waals surface area (Å²) in [5.74, 6) is 0.600. The van der Waals surface area contributed by atoms with Gasteiger partial charge in [-0.1, -0.05) is 25.2 Å². The SMILES string of the molecule is CCN(CC)CCN(C(=O)c1ccc(N2C(=O)CCC2=O)cc1)c1nc2c(OC)ccc(OC)c2s1. The van der Waals surface area contributed by atoms with Crippen molar-refractivity contribution >= 4 is 50.1 Å². The van der Waals surface area contributed by atoms with E-state index >= 15 is 0 Å². The molecule has 1 fully saturated rings. The third kappa shape index (κ3) is 4.91. The first-order valence-electron chi connectivity index (χ1n) is 11.9. The number of thiazole rings is 1. The molecule has 10 heteroatoms. The molecule has 0 N–H and O–H groups in total. The quantitative estimate of drug-likeness (QED) is 0.381. The number of imide groups is 1. The predicted octanol–water partition coefficient (Wildman–Crippen LogP) is 3.96. The molecule has 1 aliphatic heterocycles. The number of anilines is 2. The van der Waals surface area contributed by atoms with E-state index in [1.807, 2.05) is 6.07 Å². The molecule has 4 rings (SSSR count). The molecule has 190 valence electrons. The smallest absolute Gasteiger partial charge is 0.260 e. The van der Waals surface area contributed by atoms with E-state index in [-0.39, 0.29) is 30.6 Å². The van der Waals surface area contributed by atoms with E-state index in [0.717, 1.165) is 17.8 Å². The Labute approximate surface area is 214 Å². The molecule has 36 heavy (non-hydrogen) atoms. The van der Waals surface area contributed by atoms with Gasteiger partial charge in [-0.15, -0.1) is 0 Å². The van der Waals surface area contributed by atoms with Crippen LogP contribution in [-0.2, 0) is 9.59 Å². The summed E-state index contributed by atoms with van der Waals surface area (Å²) in [6.45, 7) is 7.03. The van der Waals surface area contributed by atoms with Crippen molar-refractivity contribution in [3.05, 3.63) is 42.0 Å². The number of likely N-dealkylation sites (N-methyl/N-ethyl adjacent to an activating group) is 1. The lowest BCUT2D eigenvalue weighted by atomic mass is 10.1. The average Bonchev–Trinajstić information content (AvgIpc) is 3.49. The number of fused-ring (bicyclic) bond motifs is 1. The van der Waals surface area contributed by atoms with E-state index in [9.17, 15) is 14.4 Å². The van der Waals surface area contributed by atoms with Crippen LogP contribution >= 0.6 is 11.3 Å². The van der Waals surface area contributed by atoms with E-state index < -0.39 is 0 Å². The topological polar surface area (TPSA) is 92.3 Å². The molecule has 0 aliphatic carbocycles. The normalized spacial score (nSPS) is 13.6. The lowest BCUT2D eigenvalue weighted by Crippen LogP contribution is -2.39. The van der Waals surface area contributed by atoms with Crippen molar-refractivity contribution in [2.45, 2.75) is 26.7 Å². The van der Waals surface area contributed by atoms with E-state index in [4.69, 9.17) is 14.5 Å². The number of carbonyl (C=O) groups excluding carboxylic acids is 3. The van der Waals surface area contributed by atoms with Crippen LogP contribution < -0.4 is 19.3 Å². The summed E-state index contributed by atoms with van der Waals surface area (Å²) in [7, 11) is 3.18. The molecule has 3 aromatic rings. The number of carbonyl (C=O) groups is 3. The summed E-state index contributed by atoms with van der Waals surface area (Å²) >= 11 is 1.37. The van der Waals surface area contributed by atoms with E-state index in [1.165, 1.54) is 16.2 Å². The minimum absolute atomic E-state index is 0.211. The second-order valence-corrected chi connectivity index (χ2v) is 9.28. The number of rotatable bonds is 10. The first kappa shape index (κ1) is 25.6. The summed E-state index contributed by atoms with van der Waals surface area (Å²) in [6.07, 6.45) is 0.423.